The van der Waals surface area contributed by atoms with E-state index in [0.29, 0.717) is 5.41 Å². The molecule has 19 heavy (non-hydrogen) atoms. The third-order valence-electron chi connectivity index (χ3n) is 3.87. The van der Waals surface area contributed by atoms with Gasteiger partial charge in [0.2, 0.25) is 5.82 Å². The molecule has 1 fully saturated rings. The van der Waals surface area contributed by atoms with Gasteiger partial charge < -0.3 is 5.32 Å². The SMILES string of the molecule is CC1(C)CCC(Nc2cccc(F)c2[N+](=O)[O-])CC1. The van der Waals surface area contributed by atoms with Gasteiger partial charge in [0.15, 0.2) is 0 Å². The van der Waals surface area contributed by atoms with E-state index in [1.165, 1.54) is 6.07 Å². The van der Waals surface area contributed by atoms with E-state index in [4.69, 9.17) is 0 Å². The minimum absolute atomic E-state index is 0.188. The molecule has 0 bridgehead atoms. The van der Waals surface area contributed by atoms with Gasteiger partial charge in [0.1, 0.15) is 5.69 Å². The molecule has 1 aliphatic rings. The highest BCUT2D eigenvalue weighted by atomic mass is 19.1. The van der Waals surface area contributed by atoms with Crippen LogP contribution in [0.5, 0.6) is 0 Å². The molecule has 104 valence electrons. The molecule has 0 heterocycles. The lowest BCUT2D eigenvalue weighted by Gasteiger charge is -2.34. The lowest BCUT2D eigenvalue weighted by Crippen LogP contribution is -2.30. The molecule has 0 saturated heterocycles. The monoisotopic (exact) mass is 266 g/mol. The number of benzene rings is 1. The first-order chi connectivity index (χ1) is 8.89. The van der Waals surface area contributed by atoms with Crippen molar-refractivity contribution >= 4 is 11.4 Å². The molecule has 0 unspecified atom stereocenters. The predicted octanol–water partition coefficient (Wildman–Crippen LogP) is 4.11. The average Bonchev–Trinajstić information content (AvgIpc) is 2.31. The van der Waals surface area contributed by atoms with Gasteiger partial charge in [-0.05, 0) is 43.2 Å². The number of hydrogen-bond acceptors (Lipinski definition) is 3. The van der Waals surface area contributed by atoms with Gasteiger partial charge >= 0.3 is 5.69 Å². The molecule has 0 aliphatic heterocycles. The van der Waals surface area contributed by atoms with Crippen molar-refractivity contribution in [2.45, 2.75) is 45.6 Å². The molecule has 0 amide bonds. The average molecular weight is 266 g/mol. The lowest BCUT2D eigenvalue weighted by molar-refractivity contribution is -0.386. The number of nitrogens with zero attached hydrogens (tertiary/aromatic N) is 1. The molecule has 0 aromatic heterocycles. The zero-order valence-corrected chi connectivity index (χ0v) is 11.3. The molecule has 1 N–H and O–H groups in total. The van der Waals surface area contributed by atoms with Gasteiger partial charge in [0.05, 0.1) is 4.92 Å². The van der Waals surface area contributed by atoms with Crippen LogP contribution in [0.1, 0.15) is 39.5 Å². The van der Waals surface area contributed by atoms with E-state index >= 15 is 0 Å². The van der Waals surface area contributed by atoms with Gasteiger partial charge in [-0.25, -0.2) is 0 Å². The first kappa shape index (κ1) is 13.8. The smallest absolute Gasteiger partial charge is 0.327 e. The lowest BCUT2D eigenvalue weighted by atomic mass is 9.75. The highest BCUT2D eigenvalue weighted by Crippen LogP contribution is 2.37. The van der Waals surface area contributed by atoms with Crippen molar-refractivity contribution in [2.24, 2.45) is 5.41 Å². The van der Waals surface area contributed by atoms with Crippen LogP contribution in [-0.4, -0.2) is 11.0 Å². The minimum atomic E-state index is -0.786. The van der Waals surface area contributed by atoms with Crippen LogP contribution in [-0.2, 0) is 0 Å². The molecule has 5 heteroatoms. The van der Waals surface area contributed by atoms with Gasteiger partial charge in [-0.2, -0.15) is 4.39 Å². The topological polar surface area (TPSA) is 55.2 Å². The van der Waals surface area contributed by atoms with E-state index in [0.717, 1.165) is 31.7 Å². The second-order valence-corrected chi connectivity index (χ2v) is 5.98. The Kier molecular flexibility index (Phi) is 3.73. The van der Waals surface area contributed by atoms with Gasteiger partial charge in [-0.15, -0.1) is 0 Å². The highest BCUT2D eigenvalue weighted by Gasteiger charge is 2.28. The highest BCUT2D eigenvalue weighted by molar-refractivity contribution is 5.62. The fraction of sp³-hybridized carbons (Fsp3) is 0.571. The molecular weight excluding hydrogens is 247 g/mol. The minimum Gasteiger partial charge on any atom is -0.377 e. The number of nitro groups is 1. The maximum atomic E-state index is 13.5. The van der Waals surface area contributed by atoms with Crippen LogP contribution in [0.15, 0.2) is 18.2 Å². The van der Waals surface area contributed by atoms with Crippen LogP contribution in [0.25, 0.3) is 0 Å². The van der Waals surface area contributed by atoms with Crippen molar-refractivity contribution in [3.05, 3.63) is 34.1 Å². The van der Waals surface area contributed by atoms with Gasteiger partial charge in [-0.3, -0.25) is 10.1 Å². The first-order valence-electron chi connectivity index (χ1n) is 6.58. The zero-order chi connectivity index (χ0) is 14.0. The molecule has 1 aromatic carbocycles. The Labute approximate surface area is 112 Å². The van der Waals surface area contributed by atoms with E-state index in [-0.39, 0.29) is 11.7 Å². The van der Waals surface area contributed by atoms with Gasteiger partial charge in [0.25, 0.3) is 0 Å². The second-order valence-electron chi connectivity index (χ2n) is 5.98. The molecule has 0 atom stereocenters. The second kappa shape index (κ2) is 5.15. The van der Waals surface area contributed by atoms with Crippen molar-refractivity contribution in [2.75, 3.05) is 5.32 Å². The van der Waals surface area contributed by atoms with Crippen molar-refractivity contribution < 1.29 is 9.31 Å². The van der Waals surface area contributed by atoms with E-state index < -0.39 is 16.4 Å². The third kappa shape index (κ3) is 3.22. The number of nitro benzene ring substituents is 1. The largest absolute Gasteiger partial charge is 0.377 e. The summed E-state index contributed by atoms with van der Waals surface area (Å²) in [6.07, 6.45) is 4.07. The number of anilines is 1. The molecule has 4 nitrogen and oxygen atoms in total. The number of halogens is 1. The van der Waals surface area contributed by atoms with Crippen LogP contribution >= 0.6 is 0 Å². The zero-order valence-electron chi connectivity index (χ0n) is 11.3. The summed E-state index contributed by atoms with van der Waals surface area (Å²) in [5.41, 5.74) is 0.175. The Morgan fingerprint density at radius 1 is 1.37 bits per heavy atom. The first-order valence-corrected chi connectivity index (χ1v) is 6.58. The van der Waals surface area contributed by atoms with Gasteiger partial charge in [-0.1, -0.05) is 19.9 Å². The molecule has 1 saturated carbocycles. The van der Waals surface area contributed by atoms with Crippen LogP contribution in [0, 0.1) is 21.3 Å². The Hall–Kier alpha value is -1.65. The summed E-state index contributed by atoms with van der Waals surface area (Å²) in [4.78, 5) is 10.3. The normalized spacial score (nSPS) is 19.1. The summed E-state index contributed by atoms with van der Waals surface area (Å²) in [6.45, 7) is 4.46. The standard InChI is InChI=1S/C14H19FN2O2/c1-14(2)8-6-10(7-9-14)16-12-5-3-4-11(15)13(12)17(18)19/h3-5,10,16H,6-9H2,1-2H3. The fourth-order valence-electron chi connectivity index (χ4n) is 2.58. The summed E-state index contributed by atoms with van der Waals surface area (Å²) >= 11 is 0. The van der Waals surface area contributed by atoms with Gasteiger partial charge in [0, 0.05) is 6.04 Å². The molecular formula is C14H19FN2O2. The Morgan fingerprint density at radius 2 is 2.00 bits per heavy atom. The van der Waals surface area contributed by atoms with E-state index in [2.05, 4.69) is 19.2 Å². The van der Waals surface area contributed by atoms with Crippen molar-refractivity contribution in [1.29, 1.82) is 0 Å². The van der Waals surface area contributed by atoms with Crippen molar-refractivity contribution in [3.8, 4) is 0 Å². The Morgan fingerprint density at radius 3 is 2.58 bits per heavy atom. The fourth-order valence-corrected chi connectivity index (χ4v) is 2.58. The van der Waals surface area contributed by atoms with E-state index in [1.807, 2.05) is 0 Å². The molecule has 2 rings (SSSR count). The third-order valence-corrected chi connectivity index (χ3v) is 3.87. The molecule has 1 aliphatic carbocycles. The Bertz CT molecular complexity index is 478. The van der Waals surface area contributed by atoms with Crippen LogP contribution < -0.4 is 5.32 Å². The van der Waals surface area contributed by atoms with E-state index in [9.17, 15) is 14.5 Å². The summed E-state index contributed by atoms with van der Waals surface area (Å²) < 4.78 is 13.5. The maximum Gasteiger partial charge on any atom is 0.327 e. The summed E-state index contributed by atoms with van der Waals surface area (Å²) in [7, 11) is 0. The molecule has 0 radical (unpaired) electrons. The molecule has 1 aromatic rings. The maximum absolute atomic E-state index is 13.5. The van der Waals surface area contributed by atoms with Crippen LogP contribution in [0.4, 0.5) is 15.8 Å². The number of rotatable bonds is 3. The summed E-state index contributed by atoms with van der Waals surface area (Å²) in [5, 5.41) is 14.0. The predicted molar refractivity (Wildman–Crippen MR) is 72.7 cm³/mol. The van der Waals surface area contributed by atoms with Crippen LogP contribution in [0.2, 0.25) is 0 Å². The number of hydrogen-bond donors (Lipinski definition) is 1. The number of nitrogens with one attached hydrogen (secondary N) is 1. The molecule has 0 spiro atoms. The Balaban J connectivity index is 2.12. The summed E-state index contributed by atoms with van der Waals surface area (Å²) in [5.74, 6) is -0.786. The summed E-state index contributed by atoms with van der Waals surface area (Å²) in [6, 6.07) is 4.37. The van der Waals surface area contributed by atoms with Crippen LogP contribution in [0.3, 0.4) is 0 Å². The van der Waals surface area contributed by atoms with Crippen molar-refractivity contribution in [3.63, 3.8) is 0 Å². The van der Waals surface area contributed by atoms with E-state index in [1.54, 1.807) is 6.07 Å². The quantitative estimate of drug-likeness (QED) is 0.661. The van der Waals surface area contributed by atoms with Crippen molar-refractivity contribution in [1.82, 2.24) is 0 Å². The number of para-hydroxylation sites is 1.